The van der Waals surface area contributed by atoms with E-state index >= 15 is 0 Å². The summed E-state index contributed by atoms with van der Waals surface area (Å²) in [6, 6.07) is 54.4. The summed E-state index contributed by atoms with van der Waals surface area (Å²) in [7, 11) is 0. The molecule has 3 nitrogen and oxygen atoms in total. The van der Waals surface area contributed by atoms with Crippen LogP contribution in [0, 0.1) is 0 Å². The van der Waals surface area contributed by atoms with Gasteiger partial charge in [-0.05, 0) is 58.7 Å². The van der Waals surface area contributed by atoms with E-state index in [0.29, 0.717) is 5.82 Å². The molecule has 0 N–H and O–H groups in total. The van der Waals surface area contributed by atoms with Gasteiger partial charge in [-0.2, -0.15) is 0 Å². The highest BCUT2D eigenvalue weighted by atomic mass is 16.3. The number of hydrogen-bond acceptors (Lipinski definition) is 3. The Morgan fingerprint density at radius 3 is 1.47 bits per heavy atom. The lowest BCUT2D eigenvalue weighted by Gasteiger charge is -2.11. The Morgan fingerprint density at radius 2 is 0.814 bits per heavy atom. The van der Waals surface area contributed by atoms with E-state index in [9.17, 15) is 0 Å². The molecular formula is C40H26N2O. The number of rotatable bonds is 5. The van der Waals surface area contributed by atoms with Crippen LogP contribution < -0.4 is 0 Å². The predicted molar refractivity (Wildman–Crippen MR) is 176 cm³/mol. The Balaban J connectivity index is 1.19. The van der Waals surface area contributed by atoms with E-state index in [2.05, 4.69) is 103 Å². The van der Waals surface area contributed by atoms with Crippen LogP contribution in [0.4, 0.5) is 0 Å². The van der Waals surface area contributed by atoms with Gasteiger partial charge in [0.1, 0.15) is 11.2 Å². The summed E-state index contributed by atoms with van der Waals surface area (Å²) in [5, 5.41) is 2.28. The summed E-state index contributed by atoms with van der Waals surface area (Å²) < 4.78 is 6.16. The fourth-order valence-electron chi connectivity index (χ4n) is 5.71. The minimum absolute atomic E-state index is 0.702. The highest BCUT2D eigenvalue weighted by Gasteiger charge is 2.12. The van der Waals surface area contributed by atoms with Crippen LogP contribution in [-0.4, -0.2) is 9.97 Å². The minimum atomic E-state index is 0.702. The maximum Gasteiger partial charge on any atom is 0.160 e. The fourth-order valence-corrected chi connectivity index (χ4v) is 5.71. The molecule has 0 saturated heterocycles. The zero-order chi connectivity index (χ0) is 28.6. The SMILES string of the molecule is c1ccc(-c2cc(-c3ccccc3)nc(-c3cccc(-c4cccc(-c5ccc6c(c5)oc5ccccc56)c4)c3)n2)cc1. The first-order valence-electron chi connectivity index (χ1n) is 14.4. The van der Waals surface area contributed by atoms with Gasteiger partial charge in [0.2, 0.25) is 0 Å². The normalized spacial score (nSPS) is 11.3. The molecule has 2 aromatic heterocycles. The lowest BCUT2D eigenvalue weighted by atomic mass is 9.97. The molecule has 0 amide bonds. The van der Waals surface area contributed by atoms with Crippen LogP contribution in [0.3, 0.4) is 0 Å². The lowest BCUT2D eigenvalue weighted by Crippen LogP contribution is -1.96. The number of para-hydroxylation sites is 1. The number of nitrogens with zero attached hydrogens (tertiary/aromatic N) is 2. The molecule has 0 aliphatic heterocycles. The largest absolute Gasteiger partial charge is 0.456 e. The number of fused-ring (bicyclic) bond motifs is 3. The van der Waals surface area contributed by atoms with Crippen LogP contribution in [0.25, 0.3) is 78.1 Å². The molecule has 202 valence electrons. The van der Waals surface area contributed by atoms with Crippen LogP contribution in [0.5, 0.6) is 0 Å². The standard InChI is InChI=1S/C40H26N2O/c1-3-11-27(12-4-1)36-26-37(28-13-5-2-6-14-28)42-40(41-36)33-18-10-17-31(24-33)29-15-9-16-30(23-29)32-21-22-35-34-19-7-8-20-38(34)43-39(35)25-32/h1-26H. The zero-order valence-corrected chi connectivity index (χ0v) is 23.3. The Hall–Kier alpha value is -5.80. The molecular weight excluding hydrogens is 524 g/mol. The Morgan fingerprint density at radius 1 is 0.326 bits per heavy atom. The molecule has 0 radical (unpaired) electrons. The molecule has 0 bridgehead atoms. The molecule has 8 aromatic rings. The molecule has 2 heterocycles. The Labute approximate surface area is 249 Å². The van der Waals surface area contributed by atoms with Crippen molar-refractivity contribution in [3.8, 4) is 56.2 Å². The van der Waals surface area contributed by atoms with E-state index in [4.69, 9.17) is 14.4 Å². The molecule has 43 heavy (non-hydrogen) atoms. The van der Waals surface area contributed by atoms with Crippen molar-refractivity contribution in [2.24, 2.45) is 0 Å². The first-order valence-corrected chi connectivity index (χ1v) is 14.4. The molecule has 3 heteroatoms. The summed E-state index contributed by atoms with van der Waals surface area (Å²) in [4.78, 5) is 10.0. The van der Waals surface area contributed by atoms with Crippen molar-refractivity contribution in [3.05, 3.63) is 158 Å². The Bertz CT molecular complexity index is 2180. The van der Waals surface area contributed by atoms with E-state index in [1.807, 2.05) is 54.6 Å². The van der Waals surface area contributed by atoms with Gasteiger partial charge in [-0.25, -0.2) is 9.97 Å². The van der Waals surface area contributed by atoms with Gasteiger partial charge in [0.15, 0.2) is 5.82 Å². The van der Waals surface area contributed by atoms with Crippen LogP contribution in [-0.2, 0) is 0 Å². The molecule has 0 aliphatic rings. The molecule has 0 spiro atoms. The molecule has 0 saturated carbocycles. The smallest absolute Gasteiger partial charge is 0.160 e. The fraction of sp³-hybridized carbons (Fsp3) is 0. The van der Waals surface area contributed by atoms with Crippen molar-refractivity contribution in [3.63, 3.8) is 0 Å². The monoisotopic (exact) mass is 550 g/mol. The van der Waals surface area contributed by atoms with Crippen molar-refractivity contribution in [2.75, 3.05) is 0 Å². The molecule has 0 aliphatic carbocycles. The van der Waals surface area contributed by atoms with Crippen LogP contribution in [0.2, 0.25) is 0 Å². The Kier molecular flexibility index (Phi) is 6.12. The van der Waals surface area contributed by atoms with E-state index in [0.717, 1.165) is 72.3 Å². The lowest BCUT2D eigenvalue weighted by molar-refractivity contribution is 0.669. The third kappa shape index (κ3) is 4.77. The molecule has 0 atom stereocenters. The van der Waals surface area contributed by atoms with Crippen LogP contribution in [0.1, 0.15) is 0 Å². The van der Waals surface area contributed by atoms with Crippen molar-refractivity contribution in [1.29, 1.82) is 0 Å². The number of hydrogen-bond donors (Lipinski definition) is 0. The summed E-state index contributed by atoms with van der Waals surface area (Å²) in [5.41, 5.74) is 11.2. The average molecular weight is 551 g/mol. The van der Waals surface area contributed by atoms with Gasteiger partial charge in [-0.1, -0.05) is 121 Å². The van der Waals surface area contributed by atoms with Gasteiger partial charge in [0.05, 0.1) is 11.4 Å². The van der Waals surface area contributed by atoms with E-state index in [1.54, 1.807) is 0 Å². The minimum Gasteiger partial charge on any atom is -0.456 e. The van der Waals surface area contributed by atoms with Crippen molar-refractivity contribution < 1.29 is 4.42 Å². The van der Waals surface area contributed by atoms with E-state index < -0.39 is 0 Å². The second-order valence-corrected chi connectivity index (χ2v) is 10.7. The third-order valence-electron chi connectivity index (χ3n) is 7.89. The van der Waals surface area contributed by atoms with Crippen molar-refractivity contribution in [2.45, 2.75) is 0 Å². The molecule has 8 rings (SSSR count). The second kappa shape index (κ2) is 10.6. The zero-order valence-electron chi connectivity index (χ0n) is 23.3. The number of benzene rings is 6. The van der Waals surface area contributed by atoms with Gasteiger partial charge in [0, 0.05) is 27.5 Å². The quantitative estimate of drug-likeness (QED) is 0.214. The topological polar surface area (TPSA) is 38.9 Å². The highest BCUT2D eigenvalue weighted by molar-refractivity contribution is 6.05. The van der Waals surface area contributed by atoms with Gasteiger partial charge in [0.25, 0.3) is 0 Å². The van der Waals surface area contributed by atoms with Crippen LogP contribution in [0.15, 0.2) is 162 Å². The maximum atomic E-state index is 6.16. The first-order chi connectivity index (χ1) is 21.3. The highest BCUT2D eigenvalue weighted by Crippen LogP contribution is 2.34. The van der Waals surface area contributed by atoms with Gasteiger partial charge < -0.3 is 4.42 Å². The summed E-state index contributed by atoms with van der Waals surface area (Å²) in [6.07, 6.45) is 0. The number of aromatic nitrogens is 2. The molecule has 0 unspecified atom stereocenters. The van der Waals surface area contributed by atoms with Gasteiger partial charge in [-0.3, -0.25) is 0 Å². The summed E-state index contributed by atoms with van der Waals surface area (Å²) >= 11 is 0. The van der Waals surface area contributed by atoms with Crippen molar-refractivity contribution in [1.82, 2.24) is 9.97 Å². The maximum absolute atomic E-state index is 6.16. The van der Waals surface area contributed by atoms with E-state index in [-0.39, 0.29) is 0 Å². The summed E-state index contributed by atoms with van der Waals surface area (Å²) in [5.74, 6) is 0.702. The average Bonchev–Trinajstić information content (AvgIpc) is 3.47. The summed E-state index contributed by atoms with van der Waals surface area (Å²) in [6.45, 7) is 0. The molecule has 0 fully saturated rings. The van der Waals surface area contributed by atoms with Crippen molar-refractivity contribution >= 4 is 21.9 Å². The van der Waals surface area contributed by atoms with Gasteiger partial charge >= 0.3 is 0 Å². The predicted octanol–water partition coefficient (Wildman–Crippen LogP) is 10.7. The first kappa shape index (κ1) is 25.0. The van der Waals surface area contributed by atoms with E-state index in [1.165, 1.54) is 0 Å². The molecule has 6 aromatic carbocycles. The van der Waals surface area contributed by atoms with Gasteiger partial charge in [-0.15, -0.1) is 0 Å². The number of furan rings is 1. The third-order valence-corrected chi connectivity index (χ3v) is 7.89. The van der Waals surface area contributed by atoms with Crippen LogP contribution >= 0.6 is 0 Å². The second-order valence-electron chi connectivity index (χ2n) is 10.7.